The van der Waals surface area contributed by atoms with Gasteiger partial charge in [-0.1, -0.05) is 0 Å². The molecule has 21 heavy (non-hydrogen) atoms. The van der Waals surface area contributed by atoms with E-state index in [4.69, 9.17) is 10.8 Å². The Hall–Kier alpha value is -1.65. The van der Waals surface area contributed by atoms with Crippen LogP contribution < -0.4 is 10.5 Å². The molecule has 1 aromatic carbocycles. The van der Waals surface area contributed by atoms with Gasteiger partial charge < -0.3 is 10.8 Å². The molecule has 0 aliphatic rings. The molecule has 8 nitrogen and oxygen atoms in total. The van der Waals surface area contributed by atoms with Crippen LogP contribution in [0.25, 0.3) is 0 Å². The Labute approximate surface area is 122 Å². The number of hydrogen-bond donors (Lipinski definition) is 3. The van der Waals surface area contributed by atoms with Crippen LogP contribution in [0.15, 0.2) is 23.1 Å². The van der Waals surface area contributed by atoms with Crippen molar-refractivity contribution in [1.29, 1.82) is 0 Å². The zero-order valence-electron chi connectivity index (χ0n) is 11.4. The van der Waals surface area contributed by atoms with Crippen LogP contribution in [-0.2, 0) is 19.9 Å². The summed E-state index contributed by atoms with van der Waals surface area (Å²) in [5.41, 5.74) is 5.06. The molecule has 0 aliphatic heterocycles. The van der Waals surface area contributed by atoms with Gasteiger partial charge in [-0.15, -0.1) is 0 Å². The lowest BCUT2D eigenvalue weighted by Crippen LogP contribution is -2.37. The number of anilines is 1. The first-order chi connectivity index (χ1) is 9.42. The fraction of sp³-hybridized carbons (Fsp3) is 0.364. The van der Waals surface area contributed by atoms with Crippen molar-refractivity contribution in [2.45, 2.75) is 17.9 Å². The van der Waals surface area contributed by atoms with Crippen LogP contribution in [0, 0.1) is 0 Å². The van der Waals surface area contributed by atoms with E-state index in [1.54, 1.807) is 0 Å². The van der Waals surface area contributed by atoms with E-state index < -0.39 is 48.1 Å². The first-order valence-corrected chi connectivity index (χ1v) is 9.29. The van der Waals surface area contributed by atoms with E-state index in [-0.39, 0.29) is 5.69 Å². The normalized spacial score (nSPS) is 13.8. The fourth-order valence-electron chi connectivity index (χ4n) is 1.77. The van der Waals surface area contributed by atoms with Gasteiger partial charge in [-0.25, -0.2) is 26.4 Å². The number of aromatic carboxylic acids is 1. The minimum absolute atomic E-state index is 0.107. The Morgan fingerprint density at radius 3 is 2.38 bits per heavy atom. The Bertz CT molecular complexity index is 755. The SMILES string of the molecule is CC(CS(C)(=O)=O)NS(=O)(=O)c1ccc(N)cc1C(=O)O. The van der Waals surface area contributed by atoms with Gasteiger partial charge in [0, 0.05) is 18.0 Å². The highest BCUT2D eigenvalue weighted by molar-refractivity contribution is 7.91. The van der Waals surface area contributed by atoms with Crippen LogP contribution in [0.4, 0.5) is 5.69 Å². The second-order valence-electron chi connectivity index (χ2n) is 4.68. The summed E-state index contributed by atoms with van der Waals surface area (Å²) in [7, 11) is -7.55. The molecular formula is C11H16N2O6S2. The zero-order chi connectivity index (χ0) is 16.4. The fourth-order valence-corrected chi connectivity index (χ4v) is 4.29. The number of hydrogen-bond acceptors (Lipinski definition) is 6. The van der Waals surface area contributed by atoms with Gasteiger partial charge in [0.1, 0.15) is 9.84 Å². The van der Waals surface area contributed by atoms with E-state index >= 15 is 0 Å². The number of rotatable bonds is 6. The lowest BCUT2D eigenvalue weighted by atomic mass is 10.2. The zero-order valence-corrected chi connectivity index (χ0v) is 13.0. The van der Waals surface area contributed by atoms with Crippen LogP contribution in [0.1, 0.15) is 17.3 Å². The Morgan fingerprint density at radius 1 is 1.33 bits per heavy atom. The summed E-state index contributed by atoms with van der Waals surface area (Å²) in [4.78, 5) is 10.6. The van der Waals surface area contributed by atoms with Crippen molar-refractivity contribution in [3.63, 3.8) is 0 Å². The number of nitrogens with one attached hydrogen (secondary N) is 1. The number of benzene rings is 1. The van der Waals surface area contributed by atoms with E-state index in [1.807, 2.05) is 0 Å². The average Bonchev–Trinajstić information content (AvgIpc) is 2.24. The molecule has 0 spiro atoms. The van der Waals surface area contributed by atoms with E-state index in [1.165, 1.54) is 13.0 Å². The van der Waals surface area contributed by atoms with Crippen molar-refractivity contribution in [2.75, 3.05) is 17.7 Å². The van der Waals surface area contributed by atoms with E-state index in [0.717, 1.165) is 18.4 Å². The standard InChI is InChI=1S/C11H16N2O6S2/c1-7(6-20(2,16)17)13-21(18,19)10-4-3-8(12)5-9(10)11(14)15/h3-5,7,13H,6,12H2,1-2H3,(H,14,15). The second-order valence-corrected chi connectivity index (χ2v) is 8.54. The molecule has 1 atom stereocenters. The maximum atomic E-state index is 12.2. The first kappa shape index (κ1) is 17.4. The van der Waals surface area contributed by atoms with Gasteiger partial charge in [-0.05, 0) is 25.1 Å². The van der Waals surface area contributed by atoms with Gasteiger partial charge in [0.15, 0.2) is 0 Å². The number of carbonyl (C=O) groups is 1. The molecule has 4 N–H and O–H groups in total. The van der Waals surface area contributed by atoms with Gasteiger partial charge in [0.2, 0.25) is 10.0 Å². The third-order valence-electron chi connectivity index (χ3n) is 2.43. The summed E-state index contributed by atoms with van der Waals surface area (Å²) >= 11 is 0. The second kappa shape index (κ2) is 6.00. The van der Waals surface area contributed by atoms with Gasteiger partial charge in [-0.3, -0.25) is 0 Å². The van der Waals surface area contributed by atoms with Gasteiger partial charge in [-0.2, -0.15) is 0 Å². The summed E-state index contributed by atoms with van der Waals surface area (Å²) in [6.45, 7) is 1.37. The van der Waals surface area contributed by atoms with Crippen molar-refractivity contribution in [3.05, 3.63) is 23.8 Å². The number of nitrogens with two attached hydrogens (primary N) is 1. The van der Waals surface area contributed by atoms with E-state index in [9.17, 15) is 21.6 Å². The van der Waals surface area contributed by atoms with E-state index in [0.29, 0.717) is 0 Å². The van der Waals surface area contributed by atoms with Crippen molar-refractivity contribution < 1.29 is 26.7 Å². The van der Waals surface area contributed by atoms with Crippen molar-refractivity contribution in [2.24, 2.45) is 0 Å². The maximum Gasteiger partial charge on any atom is 0.337 e. The molecular weight excluding hydrogens is 320 g/mol. The summed E-state index contributed by atoms with van der Waals surface area (Å²) < 4.78 is 48.7. The Balaban J connectivity index is 3.17. The molecule has 10 heteroatoms. The molecule has 0 aromatic heterocycles. The summed E-state index contributed by atoms with van der Waals surface area (Å²) in [5, 5.41) is 9.03. The van der Waals surface area contributed by atoms with Crippen molar-refractivity contribution in [3.8, 4) is 0 Å². The smallest absolute Gasteiger partial charge is 0.337 e. The molecule has 0 heterocycles. The predicted molar refractivity (Wildman–Crippen MR) is 77.3 cm³/mol. The summed E-state index contributed by atoms with van der Waals surface area (Å²) in [5.74, 6) is -1.85. The molecule has 0 radical (unpaired) electrons. The van der Waals surface area contributed by atoms with Crippen LogP contribution in [0.3, 0.4) is 0 Å². The molecule has 1 aromatic rings. The lowest BCUT2D eigenvalue weighted by molar-refractivity contribution is 0.0692. The average molecular weight is 336 g/mol. The maximum absolute atomic E-state index is 12.2. The molecule has 1 unspecified atom stereocenters. The highest BCUT2D eigenvalue weighted by Gasteiger charge is 2.25. The highest BCUT2D eigenvalue weighted by Crippen LogP contribution is 2.19. The van der Waals surface area contributed by atoms with Crippen LogP contribution >= 0.6 is 0 Å². The molecule has 0 fully saturated rings. The van der Waals surface area contributed by atoms with Crippen LogP contribution in [0.2, 0.25) is 0 Å². The third kappa shape index (κ3) is 4.99. The number of nitrogen functional groups attached to an aromatic ring is 1. The predicted octanol–water partition coefficient (Wildman–Crippen LogP) is -0.322. The molecule has 1 rings (SSSR count). The minimum Gasteiger partial charge on any atom is -0.478 e. The summed E-state index contributed by atoms with van der Waals surface area (Å²) in [6.07, 6.45) is 0.976. The van der Waals surface area contributed by atoms with Gasteiger partial charge in [0.25, 0.3) is 0 Å². The lowest BCUT2D eigenvalue weighted by Gasteiger charge is -2.14. The number of sulfonamides is 1. The van der Waals surface area contributed by atoms with Crippen LogP contribution in [0.5, 0.6) is 0 Å². The van der Waals surface area contributed by atoms with E-state index in [2.05, 4.69) is 4.72 Å². The van der Waals surface area contributed by atoms with Crippen molar-refractivity contribution in [1.82, 2.24) is 4.72 Å². The topological polar surface area (TPSA) is 144 Å². The molecule has 118 valence electrons. The van der Waals surface area contributed by atoms with Crippen molar-refractivity contribution >= 4 is 31.5 Å². The van der Waals surface area contributed by atoms with Gasteiger partial charge in [0.05, 0.1) is 16.2 Å². The number of carboxylic acids is 1. The minimum atomic E-state index is -4.18. The number of sulfone groups is 1. The molecule has 0 saturated carbocycles. The molecule has 0 saturated heterocycles. The number of carboxylic acid groups (broad SMARTS) is 1. The largest absolute Gasteiger partial charge is 0.478 e. The quantitative estimate of drug-likeness (QED) is 0.604. The van der Waals surface area contributed by atoms with Gasteiger partial charge >= 0.3 is 5.97 Å². The van der Waals surface area contributed by atoms with Crippen LogP contribution in [-0.4, -0.2) is 46.0 Å². The third-order valence-corrected chi connectivity index (χ3v) is 5.19. The highest BCUT2D eigenvalue weighted by atomic mass is 32.2. The molecule has 0 amide bonds. The Kier molecular flexibility index (Phi) is 4.97. The first-order valence-electron chi connectivity index (χ1n) is 5.75. The molecule has 0 aliphatic carbocycles. The Morgan fingerprint density at radius 2 is 1.90 bits per heavy atom. The monoisotopic (exact) mass is 336 g/mol. The summed E-state index contributed by atoms with van der Waals surface area (Å²) in [6, 6.07) is 2.44. The molecule has 0 bridgehead atoms.